The van der Waals surface area contributed by atoms with Gasteiger partial charge in [-0.2, -0.15) is 0 Å². The number of rotatable bonds is 6. The fourth-order valence-electron chi connectivity index (χ4n) is 3.29. The molecular weight excluding hydrogens is 230 g/mol. The van der Waals surface area contributed by atoms with Crippen molar-refractivity contribution in [2.75, 3.05) is 27.4 Å². The van der Waals surface area contributed by atoms with E-state index >= 15 is 0 Å². The van der Waals surface area contributed by atoms with Crippen molar-refractivity contribution in [3.05, 3.63) is 0 Å². The Bertz CT molecular complexity index is 291. The number of ether oxygens (including phenoxy) is 2. The van der Waals surface area contributed by atoms with Gasteiger partial charge < -0.3 is 9.47 Å². The van der Waals surface area contributed by atoms with Gasteiger partial charge in [-0.25, -0.2) is 0 Å². The van der Waals surface area contributed by atoms with Gasteiger partial charge in [-0.15, -0.1) is 0 Å². The Balaban J connectivity index is 2.00. The number of esters is 1. The number of methoxy groups -OCH3 is 2. The summed E-state index contributed by atoms with van der Waals surface area (Å²) in [7, 11) is 3.17. The summed E-state index contributed by atoms with van der Waals surface area (Å²) >= 11 is 0. The van der Waals surface area contributed by atoms with Gasteiger partial charge in [-0.3, -0.25) is 10.1 Å². The van der Waals surface area contributed by atoms with E-state index in [1.807, 2.05) is 0 Å². The largest absolute Gasteiger partial charge is 0.468 e. The molecule has 2 fully saturated rings. The third-order valence-corrected chi connectivity index (χ3v) is 4.42. The van der Waals surface area contributed by atoms with Gasteiger partial charge in [-0.05, 0) is 37.5 Å². The van der Waals surface area contributed by atoms with Crippen LogP contribution in [-0.4, -0.2) is 38.9 Å². The fraction of sp³-hybridized carbons (Fsp3) is 0.929. The molecule has 0 amide bonds. The van der Waals surface area contributed by atoms with E-state index in [-0.39, 0.29) is 5.97 Å². The summed E-state index contributed by atoms with van der Waals surface area (Å²) in [6.45, 7) is 1.34. The first-order valence-corrected chi connectivity index (χ1v) is 7.04. The molecule has 0 aromatic rings. The summed E-state index contributed by atoms with van der Waals surface area (Å²) in [5, 5.41) is 3.40. The van der Waals surface area contributed by atoms with Crippen LogP contribution in [-0.2, 0) is 14.3 Å². The molecule has 0 saturated heterocycles. The standard InChI is InChI=1S/C14H25NO3/c1-17-9-8-15-14(13(16)18-2)7-3-4-12(10-14)11-5-6-11/h11-12,15H,3-10H2,1-2H3. The summed E-state index contributed by atoms with van der Waals surface area (Å²) < 4.78 is 10.1. The van der Waals surface area contributed by atoms with Crippen LogP contribution in [0.5, 0.6) is 0 Å². The van der Waals surface area contributed by atoms with Crippen molar-refractivity contribution in [3.63, 3.8) is 0 Å². The van der Waals surface area contributed by atoms with Crippen LogP contribution in [0.2, 0.25) is 0 Å². The van der Waals surface area contributed by atoms with Crippen LogP contribution in [0, 0.1) is 11.8 Å². The van der Waals surface area contributed by atoms with Crippen molar-refractivity contribution in [1.29, 1.82) is 0 Å². The summed E-state index contributed by atoms with van der Waals surface area (Å²) in [4.78, 5) is 12.1. The van der Waals surface area contributed by atoms with Gasteiger partial charge in [0.05, 0.1) is 13.7 Å². The average molecular weight is 255 g/mol. The Morgan fingerprint density at radius 3 is 2.67 bits per heavy atom. The maximum absolute atomic E-state index is 12.1. The zero-order valence-corrected chi connectivity index (χ0v) is 11.5. The average Bonchev–Trinajstić information content (AvgIpc) is 3.23. The molecule has 4 nitrogen and oxygen atoms in total. The van der Waals surface area contributed by atoms with E-state index in [1.165, 1.54) is 26.4 Å². The highest BCUT2D eigenvalue weighted by atomic mass is 16.5. The van der Waals surface area contributed by atoms with Gasteiger partial charge in [0.25, 0.3) is 0 Å². The first-order chi connectivity index (χ1) is 8.72. The Labute approximate surface area is 109 Å². The summed E-state index contributed by atoms with van der Waals surface area (Å²) in [5.41, 5.74) is -0.460. The third kappa shape index (κ3) is 3.04. The lowest BCUT2D eigenvalue weighted by atomic mass is 9.73. The summed E-state index contributed by atoms with van der Waals surface area (Å²) in [6, 6.07) is 0. The summed E-state index contributed by atoms with van der Waals surface area (Å²) in [5.74, 6) is 1.47. The van der Waals surface area contributed by atoms with E-state index in [1.54, 1.807) is 7.11 Å². The van der Waals surface area contributed by atoms with Crippen LogP contribution in [0.1, 0.15) is 38.5 Å². The highest BCUT2D eigenvalue weighted by molar-refractivity contribution is 5.81. The maximum Gasteiger partial charge on any atom is 0.326 e. The van der Waals surface area contributed by atoms with E-state index in [2.05, 4.69) is 5.32 Å². The van der Waals surface area contributed by atoms with Crippen LogP contribution >= 0.6 is 0 Å². The minimum Gasteiger partial charge on any atom is -0.468 e. The Morgan fingerprint density at radius 1 is 1.28 bits per heavy atom. The molecule has 0 heterocycles. The Morgan fingerprint density at radius 2 is 2.06 bits per heavy atom. The molecule has 0 aliphatic heterocycles. The second-order valence-electron chi connectivity index (χ2n) is 5.69. The van der Waals surface area contributed by atoms with Gasteiger partial charge in [0.1, 0.15) is 5.54 Å². The second-order valence-corrected chi connectivity index (χ2v) is 5.69. The summed E-state index contributed by atoms with van der Waals surface area (Å²) in [6.07, 6.45) is 6.92. The molecule has 0 bridgehead atoms. The van der Waals surface area contributed by atoms with Crippen molar-refractivity contribution < 1.29 is 14.3 Å². The van der Waals surface area contributed by atoms with E-state index in [9.17, 15) is 4.79 Å². The van der Waals surface area contributed by atoms with Crippen molar-refractivity contribution in [2.45, 2.75) is 44.1 Å². The van der Waals surface area contributed by atoms with E-state index in [0.717, 1.165) is 25.2 Å². The molecule has 0 aromatic carbocycles. The lowest BCUT2D eigenvalue weighted by Gasteiger charge is -2.39. The van der Waals surface area contributed by atoms with Crippen LogP contribution in [0.15, 0.2) is 0 Å². The topological polar surface area (TPSA) is 47.6 Å². The van der Waals surface area contributed by atoms with E-state index in [4.69, 9.17) is 9.47 Å². The van der Waals surface area contributed by atoms with Crippen molar-refractivity contribution in [2.24, 2.45) is 11.8 Å². The van der Waals surface area contributed by atoms with Gasteiger partial charge in [0.2, 0.25) is 0 Å². The number of carbonyl (C=O) groups excluding carboxylic acids is 1. The van der Waals surface area contributed by atoms with Crippen molar-refractivity contribution in [1.82, 2.24) is 5.32 Å². The molecule has 2 aliphatic carbocycles. The molecule has 2 rings (SSSR count). The van der Waals surface area contributed by atoms with Crippen molar-refractivity contribution >= 4 is 5.97 Å². The molecule has 2 aliphatic rings. The predicted octanol–water partition coefficient (Wildman–Crippen LogP) is 1.73. The quantitative estimate of drug-likeness (QED) is 0.580. The number of hydrogen-bond acceptors (Lipinski definition) is 4. The highest BCUT2D eigenvalue weighted by Gasteiger charge is 2.46. The lowest BCUT2D eigenvalue weighted by molar-refractivity contribution is -0.151. The molecule has 2 atom stereocenters. The van der Waals surface area contributed by atoms with Crippen LogP contribution < -0.4 is 5.32 Å². The van der Waals surface area contributed by atoms with E-state index in [0.29, 0.717) is 19.1 Å². The zero-order chi connectivity index (χ0) is 13.0. The van der Waals surface area contributed by atoms with Crippen LogP contribution in [0.3, 0.4) is 0 Å². The molecular formula is C14H25NO3. The Hall–Kier alpha value is -0.610. The second kappa shape index (κ2) is 6.02. The number of nitrogens with one attached hydrogen (secondary N) is 1. The first-order valence-electron chi connectivity index (χ1n) is 7.04. The zero-order valence-electron chi connectivity index (χ0n) is 11.5. The maximum atomic E-state index is 12.1. The third-order valence-electron chi connectivity index (χ3n) is 4.42. The van der Waals surface area contributed by atoms with Gasteiger partial charge in [-0.1, -0.05) is 12.8 Å². The Kier molecular flexibility index (Phi) is 4.62. The molecule has 1 N–H and O–H groups in total. The van der Waals surface area contributed by atoms with Gasteiger partial charge in [0.15, 0.2) is 0 Å². The molecule has 0 spiro atoms. The van der Waals surface area contributed by atoms with E-state index < -0.39 is 5.54 Å². The minimum absolute atomic E-state index is 0.0936. The first kappa shape index (κ1) is 13.8. The molecule has 104 valence electrons. The fourth-order valence-corrected chi connectivity index (χ4v) is 3.29. The van der Waals surface area contributed by atoms with Gasteiger partial charge in [0, 0.05) is 13.7 Å². The van der Waals surface area contributed by atoms with Gasteiger partial charge >= 0.3 is 5.97 Å². The minimum atomic E-state index is -0.460. The highest BCUT2D eigenvalue weighted by Crippen LogP contribution is 2.46. The SMILES string of the molecule is COCCNC1(C(=O)OC)CCCC(C2CC2)C1. The molecule has 4 heteroatoms. The predicted molar refractivity (Wildman–Crippen MR) is 69.3 cm³/mol. The monoisotopic (exact) mass is 255 g/mol. The number of carbonyl (C=O) groups is 1. The number of hydrogen-bond donors (Lipinski definition) is 1. The molecule has 2 unspecified atom stereocenters. The molecule has 0 aromatic heterocycles. The molecule has 0 radical (unpaired) electrons. The molecule has 18 heavy (non-hydrogen) atoms. The smallest absolute Gasteiger partial charge is 0.326 e. The van der Waals surface area contributed by atoms with Crippen LogP contribution in [0.25, 0.3) is 0 Å². The van der Waals surface area contributed by atoms with Crippen LogP contribution in [0.4, 0.5) is 0 Å². The lowest BCUT2D eigenvalue weighted by Crippen LogP contribution is -2.56. The van der Waals surface area contributed by atoms with Crippen molar-refractivity contribution in [3.8, 4) is 0 Å². The normalized spacial score (nSPS) is 32.2. The molecule has 2 saturated carbocycles.